The quantitative estimate of drug-likeness (QED) is 0.559. The fourth-order valence-electron chi connectivity index (χ4n) is 3.36. The van der Waals surface area contributed by atoms with Crippen molar-refractivity contribution in [2.24, 2.45) is 11.3 Å². The molecule has 1 aliphatic carbocycles. The second-order valence-electron chi connectivity index (χ2n) is 7.13. The van der Waals surface area contributed by atoms with Gasteiger partial charge in [-0.05, 0) is 33.1 Å². The van der Waals surface area contributed by atoms with Crippen molar-refractivity contribution >= 4 is 11.6 Å². The highest BCUT2D eigenvalue weighted by molar-refractivity contribution is 6.24. The van der Waals surface area contributed by atoms with Crippen molar-refractivity contribution in [3.8, 4) is 0 Å². The van der Waals surface area contributed by atoms with Crippen LogP contribution in [0.15, 0.2) is 34.1 Å². The third kappa shape index (κ3) is 3.57. The molecule has 0 saturated carbocycles. The summed E-state index contributed by atoms with van der Waals surface area (Å²) in [5, 5.41) is 0. The molecule has 22 heavy (non-hydrogen) atoms. The molecule has 0 fully saturated rings. The summed E-state index contributed by atoms with van der Waals surface area (Å²) in [5.74, 6) is 0.459. The Labute approximate surface area is 134 Å². The number of rotatable bonds is 5. The Hall–Kier alpha value is -1.64. The topological polar surface area (TPSA) is 43.4 Å². The summed E-state index contributed by atoms with van der Waals surface area (Å²) < 4.78 is 5.18. The number of carbonyl (C=O) groups is 2. The molecule has 1 rings (SSSR count). The Bertz CT molecular complexity index is 584. The molecule has 1 aliphatic rings. The third-order valence-electron chi connectivity index (χ3n) is 4.02. The standard InChI is InChI=1S/C19H28O3/c1-11(2)9-12(3)10-19(6,7)15-13(4)16(20)14(5)18(22-8)17(15)21/h10-11H,9H2,1-8H3/b12-10+. The smallest absolute Gasteiger partial charge is 0.225 e. The number of hydrogen-bond acceptors (Lipinski definition) is 3. The maximum absolute atomic E-state index is 12.8. The minimum absolute atomic E-state index is 0.102. The van der Waals surface area contributed by atoms with Crippen LogP contribution in [0.5, 0.6) is 0 Å². The number of ether oxygens (including phenoxy) is 1. The first-order valence-corrected chi connectivity index (χ1v) is 7.76. The van der Waals surface area contributed by atoms with E-state index in [2.05, 4.69) is 26.8 Å². The zero-order valence-corrected chi connectivity index (χ0v) is 15.1. The Morgan fingerprint density at radius 3 is 2.14 bits per heavy atom. The first-order valence-electron chi connectivity index (χ1n) is 7.76. The molecule has 122 valence electrons. The molecule has 0 saturated heterocycles. The van der Waals surface area contributed by atoms with Gasteiger partial charge < -0.3 is 4.74 Å². The highest BCUT2D eigenvalue weighted by atomic mass is 16.5. The second kappa shape index (κ2) is 6.64. The van der Waals surface area contributed by atoms with Gasteiger partial charge in [-0.25, -0.2) is 0 Å². The van der Waals surface area contributed by atoms with E-state index >= 15 is 0 Å². The number of carbonyl (C=O) groups excluding carboxylic acids is 2. The molecule has 3 nitrogen and oxygen atoms in total. The van der Waals surface area contributed by atoms with E-state index in [4.69, 9.17) is 4.74 Å². The minimum Gasteiger partial charge on any atom is -0.492 e. The van der Waals surface area contributed by atoms with Crippen LogP contribution in [0.4, 0.5) is 0 Å². The molecule has 3 heteroatoms. The molecule has 0 aliphatic heterocycles. The molecule has 0 N–H and O–H groups in total. The van der Waals surface area contributed by atoms with Gasteiger partial charge in [-0.2, -0.15) is 0 Å². The van der Waals surface area contributed by atoms with Crippen molar-refractivity contribution in [1.29, 1.82) is 0 Å². The van der Waals surface area contributed by atoms with E-state index in [1.54, 1.807) is 13.8 Å². The Balaban J connectivity index is 3.34. The summed E-state index contributed by atoms with van der Waals surface area (Å²) in [4.78, 5) is 25.1. The number of ketones is 2. The monoisotopic (exact) mass is 304 g/mol. The van der Waals surface area contributed by atoms with Crippen LogP contribution in [-0.2, 0) is 14.3 Å². The van der Waals surface area contributed by atoms with Gasteiger partial charge in [0, 0.05) is 22.1 Å². The first kappa shape index (κ1) is 18.4. The van der Waals surface area contributed by atoms with Crippen LogP contribution in [0.3, 0.4) is 0 Å². The van der Waals surface area contributed by atoms with Crippen LogP contribution in [-0.4, -0.2) is 18.7 Å². The van der Waals surface area contributed by atoms with E-state index in [0.717, 1.165) is 6.42 Å². The number of hydrogen-bond donors (Lipinski definition) is 0. The van der Waals surface area contributed by atoms with E-state index in [9.17, 15) is 9.59 Å². The summed E-state index contributed by atoms with van der Waals surface area (Å²) >= 11 is 0. The van der Waals surface area contributed by atoms with Crippen LogP contribution in [0.25, 0.3) is 0 Å². The van der Waals surface area contributed by atoms with Crippen LogP contribution < -0.4 is 0 Å². The molecular weight excluding hydrogens is 276 g/mol. The summed E-state index contributed by atoms with van der Waals surface area (Å²) in [5.41, 5.74) is 2.20. The second-order valence-corrected chi connectivity index (χ2v) is 7.13. The number of methoxy groups -OCH3 is 1. The van der Waals surface area contributed by atoms with Crippen LogP contribution in [0, 0.1) is 11.3 Å². The van der Waals surface area contributed by atoms with Gasteiger partial charge in [0.25, 0.3) is 0 Å². The molecule has 0 amide bonds. The minimum atomic E-state index is -0.500. The highest BCUT2D eigenvalue weighted by Gasteiger charge is 2.38. The van der Waals surface area contributed by atoms with Crippen LogP contribution >= 0.6 is 0 Å². The molecule has 0 heterocycles. The largest absolute Gasteiger partial charge is 0.492 e. The fourth-order valence-corrected chi connectivity index (χ4v) is 3.36. The average molecular weight is 304 g/mol. The molecule has 0 radical (unpaired) electrons. The van der Waals surface area contributed by atoms with Gasteiger partial charge in [-0.1, -0.05) is 39.3 Å². The zero-order valence-electron chi connectivity index (χ0n) is 15.1. The van der Waals surface area contributed by atoms with Crippen molar-refractivity contribution in [2.45, 2.75) is 54.9 Å². The van der Waals surface area contributed by atoms with E-state index in [1.165, 1.54) is 12.7 Å². The van der Waals surface area contributed by atoms with E-state index in [1.807, 2.05) is 13.8 Å². The van der Waals surface area contributed by atoms with E-state index < -0.39 is 5.41 Å². The van der Waals surface area contributed by atoms with E-state index in [0.29, 0.717) is 22.6 Å². The number of Topliss-reactive ketones (excluding diaryl/α,β-unsaturated/α-hetero) is 2. The SMILES string of the molecule is COC1=C(C)C(=O)C(C)=C(C(C)(C)/C=C(\C)CC(C)C)C1=O. The summed E-state index contributed by atoms with van der Waals surface area (Å²) in [6, 6.07) is 0. The van der Waals surface area contributed by atoms with Crippen molar-refractivity contribution in [3.05, 3.63) is 34.1 Å². The molecule has 0 spiro atoms. The molecule has 0 aromatic heterocycles. The van der Waals surface area contributed by atoms with E-state index in [-0.39, 0.29) is 17.3 Å². The fraction of sp³-hybridized carbons (Fsp3) is 0.579. The maximum Gasteiger partial charge on any atom is 0.225 e. The summed E-state index contributed by atoms with van der Waals surface area (Å²) in [7, 11) is 1.44. The molecule has 0 bridgehead atoms. The molecule has 0 unspecified atom stereocenters. The normalized spacial score (nSPS) is 17.8. The lowest BCUT2D eigenvalue weighted by atomic mass is 9.73. The molecule has 0 aromatic rings. The number of allylic oxidation sites excluding steroid dienone is 5. The van der Waals surface area contributed by atoms with Crippen molar-refractivity contribution in [3.63, 3.8) is 0 Å². The predicted octanol–water partition coefficient (Wildman–Crippen LogP) is 4.39. The van der Waals surface area contributed by atoms with Crippen LogP contribution in [0.2, 0.25) is 0 Å². The van der Waals surface area contributed by atoms with Gasteiger partial charge in [-0.15, -0.1) is 0 Å². The highest BCUT2D eigenvalue weighted by Crippen LogP contribution is 2.38. The molecule has 0 atom stereocenters. The Kier molecular flexibility index (Phi) is 5.55. The maximum atomic E-state index is 12.8. The van der Waals surface area contributed by atoms with Crippen LogP contribution in [0.1, 0.15) is 54.9 Å². The first-order chi connectivity index (χ1) is 10.0. The van der Waals surface area contributed by atoms with Gasteiger partial charge in [0.2, 0.25) is 5.78 Å². The molecular formula is C19H28O3. The van der Waals surface area contributed by atoms with Gasteiger partial charge >= 0.3 is 0 Å². The van der Waals surface area contributed by atoms with Crippen molar-refractivity contribution in [2.75, 3.05) is 7.11 Å². The molecule has 0 aromatic carbocycles. The van der Waals surface area contributed by atoms with Gasteiger partial charge in [0.15, 0.2) is 11.5 Å². The van der Waals surface area contributed by atoms with Crippen molar-refractivity contribution < 1.29 is 14.3 Å². The van der Waals surface area contributed by atoms with Gasteiger partial charge in [0.05, 0.1) is 7.11 Å². The van der Waals surface area contributed by atoms with Gasteiger partial charge in [0.1, 0.15) is 0 Å². The Morgan fingerprint density at radius 1 is 1.14 bits per heavy atom. The lowest BCUT2D eigenvalue weighted by Gasteiger charge is -2.30. The lowest BCUT2D eigenvalue weighted by molar-refractivity contribution is -0.119. The summed E-state index contributed by atoms with van der Waals surface area (Å²) in [6.45, 7) is 13.7. The van der Waals surface area contributed by atoms with Crippen molar-refractivity contribution in [1.82, 2.24) is 0 Å². The predicted molar refractivity (Wildman–Crippen MR) is 89.4 cm³/mol. The Morgan fingerprint density at radius 2 is 1.68 bits per heavy atom. The van der Waals surface area contributed by atoms with Gasteiger partial charge in [-0.3, -0.25) is 9.59 Å². The average Bonchev–Trinajstić information content (AvgIpc) is 2.34. The summed E-state index contributed by atoms with van der Waals surface area (Å²) in [6.07, 6.45) is 3.08. The third-order valence-corrected chi connectivity index (χ3v) is 4.02. The lowest BCUT2D eigenvalue weighted by Crippen LogP contribution is -2.30. The zero-order chi connectivity index (χ0) is 17.2.